The van der Waals surface area contributed by atoms with Crippen LogP contribution in [0.5, 0.6) is 5.88 Å². The minimum atomic E-state index is -0.769. The van der Waals surface area contributed by atoms with E-state index in [1.54, 1.807) is 18.2 Å². The summed E-state index contributed by atoms with van der Waals surface area (Å²) >= 11 is 5.85. The van der Waals surface area contributed by atoms with Gasteiger partial charge in [-0.25, -0.2) is 9.78 Å². The van der Waals surface area contributed by atoms with E-state index >= 15 is 0 Å². The van der Waals surface area contributed by atoms with E-state index in [1.165, 1.54) is 7.11 Å². The van der Waals surface area contributed by atoms with Crippen LogP contribution in [0.25, 0.3) is 0 Å². The smallest absolute Gasteiger partial charge is 0.419 e. The molecule has 2 rings (SSSR count). The van der Waals surface area contributed by atoms with Crippen LogP contribution in [0.1, 0.15) is 25.3 Å². The van der Waals surface area contributed by atoms with Gasteiger partial charge in [-0.2, -0.15) is 0 Å². The fourth-order valence-corrected chi connectivity index (χ4v) is 2.23. The maximum atomic E-state index is 11.6. The number of carbonyl (C=O) groups is 2. The maximum absolute atomic E-state index is 11.6. The molecule has 0 aromatic carbocycles. The SMILES string of the molecule is COc1nc(Cl)ccc1C(/C=C1\OC(=O)NC1=O)C(C)C. The summed E-state index contributed by atoms with van der Waals surface area (Å²) in [4.78, 5) is 26.8. The molecule has 1 unspecified atom stereocenters. The molecule has 2 heterocycles. The van der Waals surface area contributed by atoms with Gasteiger partial charge in [-0.15, -0.1) is 0 Å². The number of cyclic esters (lactones) is 1. The van der Waals surface area contributed by atoms with Crippen molar-refractivity contribution in [2.24, 2.45) is 5.92 Å². The summed E-state index contributed by atoms with van der Waals surface area (Å²) in [5.41, 5.74) is 0.764. The number of nitrogens with zero attached hydrogens (tertiary/aromatic N) is 1. The van der Waals surface area contributed by atoms with Crippen molar-refractivity contribution >= 4 is 23.6 Å². The number of hydrogen-bond donors (Lipinski definition) is 1. The Kier molecular flexibility index (Phi) is 4.47. The number of aromatic nitrogens is 1. The summed E-state index contributed by atoms with van der Waals surface area (Å²) in [6.45, 7) is 3.95. The monoisotopic (exact) mass is 310 g/mol. The number of rotatable bonds is 4. The van der Waals surface area contributed by atoms with Gasteiger partial charge in [0.2, 0.25) is 5.88 Å². The molecule has 112 valence electrons. The van der Waals surface area contributed by atoms with Crippen LogP contribution >= 0.6 is 11.6 Å². The number of allylic oxidation sites excluding steroid dienone is 1. The van der Waals surface area contributed by atoms with Gasteiger partial charge < -0.3 is 9.47 Å². The van der Waals surface area contributed by atoms with E-state index in [-0.39, 0.29) is 17.6 Å². The molecule has 0 radical (unpaired) electrons. The first-order valence-electron chi connectivity index (χ1n) is 6.37. The number of carbonyl (C=O) groups excluding carboxylic acids is 2. The second-order valence-electron chi connectivity index (χ2n) is 4.88. The largest absolute Gasteiger partial charge is 0.481 e. The molecule has 0 aliphatic carbocycles. The van der Waals surface area contributed by atoms with Gasteiger partial charge in [0.05, 0.1) is 7.11 Å². The normalized spacial score (nSPS) is 17.9. The van der Waals surface area contributed by atoms with E-state index in [0.29, 0.717) is 11.0 Å². The summed E-state index contributed by atoms with van der Waals surface area (Å²) in [5, 5.41) is 2.38. The van der Waals surface area contributed by atoms with E-state index in [1.807, 2.05) is 13.8 Å². The quantitative estimate of drug-likeness (QED) is 0.683. The number of amides is 2. The number of alkyl carbamates (subject to hydrolysis) is 1. The number of pyridine rings is 1. The lowest BCUT2D eigenvalue weighted by Gasteiger charge is -2.19. The third-order valence-electron chi connectivity index (χ3n) is 3.10. The zero-order valence-corrected chi connectivity index (χ0v) is 12.6. The highest BCUT2D eigenvalue weighted by atomic mass is 35.5. The second-order valence-corrected chi connectivity index (χ2v) is 5.26. The first-order valence-corrected chi connectivity index (χ1v) is 6.75. The Morgan fingerprint density at radius 2 is 2.10 bits per heavy atom. The van der Waals surface area contributed by atoms with Gasteiger partial charge in [-0.3, -0.25) is 10.1 Å². The highest BCUT2D eigenvalue weighted by Crippen LogP contribution is 2.34. The molecule has 1 atom stereocenters. The Balaban J connectivity index is 2.43. The summed E-state index contributed by atoms with van der Waals surface area (Å²) < 4.78 is 10.1. The molecular formula is C14H15ClN2O4. The topological polar surface area (TPSA) is 77.5 Å². The Morgan fingerprint density at radius 1 is 1.38 bits per heavy atom. The van der Waals surface area contributed by atoms with Crippen LogP contribution in [0, 0.1) is 5.92 Å². The van der Waals surface area contributed by atoms with Crippen LogP contribution in [0.3, 0.4) is 0 Å². The molecule has 1 saturated heterocycles. The summed E-state index contributed by atoms with van der Waals surface area (Å²) in [5.74, 6) is -0.275. The number of hydrogen-bond acceptors (Lipinski definition) is 5. The molecular weight excluding hydrogens is 296 g/mol. The van der Waals surface area contributed by atoms with Crippen molar-refractivity contribution in [3.05, 3.63) is 34.7 Å². The first-order chi connectivity index (χ1) is 9.92. The maximum Gasteiger partial charge on any atom is 0.419 e. The van der Waals surface area contributed by atoms with Crippen LogP contribution in [-0.2, 0) is 9.53 Å². The average Bonchev–Trinajstić information content (AvgIpc) is 2.74. The fourth-order valence-electron chi connectivity index (χ4n) is 2.09. The van der Waals surface area contributed by atoms with E-state index in [4.69, 9.17) is 21.1 Å². The van der Waals surface area contributed by atoms with Gasteiger partial charge in [-0.1, -0.05) is 25.4 Å². The molecule has 0 spiro atoms. The number of imide groups is 1. The second kappa shape index (κ2) is 6.13. The van der Waals surface area contributed by atoms with Crippen LogP contribution in [-0.4, -0.2) is 24.1 Å². The van der Waals surface area contributed by atoms with Crippen molar-refractivity contribution in [1.82, 2.24) is 10.3 Å². The molecule has 0 bridgehead atoms. The van der Waals surface area contributed by atoms with E-state index in [2.05, 4.69) is 10.3 Å². The van der Waals surface area contributed by atoms with Gasteiger partial charge in [-0.05, 0) is 24.1 Å². The van der Waals surface area contributed by atoms with Crippen LogP contribution in [0.2, 0.25) is 5.15 Å². The minimum absolute atomic E-state index is 0.0179. The van der Waals surface area contributed by atoms with Gasteiger partial charge in [0, 0.05) is 11.5 Å². The van der Waals surface area contributed by atoms with Gasteiger partial charge in [0.15, 0.2) is 5.76 Å². The van der Waals surface area contributed by atoms with Gasteiger partial charge in [0.1, 0.15) is 5.15 Å². The molecule has 0 saturated carbocycles. The molecule has 1 N–H and O–H groups in total. The first kappa shape index (κ1) is 15.3. The molecule has 21 heavy (non-hydrogen) atoms. The summed E-state index contributed by atoms with van der Waals surface area (Å²) in [6.07, 6.45) is 0.827. The number of nitrogens with one attached hydrogen (secondary N) is 1. The Morgan fingerprint density at radius 3 is 2.62 bits per heavy atom. The molecule has 7 heteroatoms. The number of halogens is 1. The van der Waals surface area contributed by atoms with Crippen LogP contribution < -0.4 is 10.1 Å². The van der Waals surface area contributed by atoms with Crippen molar-refractivity contribution in [3.8, 4) is 5.88 Å². The zero-order valence-electron chi connectivity index (χ0n) is 11.8. The summed E-state index contributed by atoms with van der Waals surface area (Å²) in [7, 11) is 1.50. The van der Waals surface area contributed by atoms with Crippen molar-refractivity contribution in [2.45, 2.75) is 19.8 Å². The fraction of sp³-hybridized carbons (Fsp3) is 0.357. The Labute approximate surface area is 127 Å². The van der Waals surface area contributed by atoms with E-state index in [0.717, 1.165) is 5.56 Å². The van der Waals surface area contributed by atoms with Crippen molar-refractivity contribution in [1.29, 1.82) is 0 Å². The van der Waals surface area contributed by atoms with Crippen LogP contribution in [0.4, 0.5) is 4.79 Å². The molecule has 2 amide bonds. The third-order valence-corrected chi connectivity index (χ3v) is 3.31. The van der Waals surface area contributed by atoms with Crippen molar-refractivity contribution in [2.75, 3.05) is 7.11 Å². The Hall–Kier alpha value is -2.08. The third kappa shape index (κ3) is 3.33. The molecule has 1 aromatic heterocycles. The number of methoxy groups -OCH3 is 1. The van der Waals surface area contributed by atoms with E-state index in [9.17, 15) is 9.59 Å². The van der Waals surface area contributed by atoms with Crippen LogP contribution in [0.15, 0.2) is 24.0 Å². The zero-order chi connectivity index (χ0) is 15.6. The van der Waals surface area contributed by atoms with Crippen molar-refractivity contribution in [3.63, 3.8) is 0 Å². The lowest BCUT2D eigenvalue weighted by atomic mass is 9.88. The predicted octanol–water partition coefficient (Wildman–Crippen LogP) is 2.63. The average molecular weight is 311 g/mol. The molecule has 1 aliphatic heterocycles. The molecule has 1 aromatic rings. The lowest BCUT2D eigenvalue weighted by molar-refractivity contribution is -0.116. The molecule has 1 aliphatic rings. The summed E-state index contributed by atoms with van der Waals surface area (Å²) in [6, 6.07) is 3.43. The van der Waals surface area contributed by atoms with E-state index < -0.39 is 12.0 Å². The van der Waals surface area contributed by atoms with Gasteiger partial charge >= 0.3 is 6.09 Å². The molecule has 6 nitrogen and oxygen atoms in total. The lowest BCUT2D eigenvalue weighted by Crippen LogP contribution is -2.19. The number of ether oxygens (including phenoxy) is 2. The Bertz CT molecular complexity index is 613. The highest BCUT2D eigenvalue weighted by molar-refractivity contribution is 6.29. The standard InChI is InChI=1S/C14H15ClN2O4/c1-7(2)9(6-10-12(18)17-14(19)21-10)8-4-5-11(15)16-13(8)20-3/h4-7,9H,1-3H3,(H,17,18,19)/b10-6-. The minimum Gasteiger partial charge on any atom is -0.481 e. The van der Waals surface area contributed by atoms with Gasteiger partial charge in [0.25, 0.3) is 5.91 Å². The predicted molar refractivity (Wildman–Crippen MR) is 76.1 cm³/mol. The molecule has 1 fully saturated rings. The highest BCUT2D eigenvalue weighted by Gasteiger charge is 2.29. The van der Waals surface area contributed by atoms with Crippen molar-refractivity contribution < 1.29 is 19.1 Å².